The van der Waals surface area contributed by atoms with Gasteiger partial charge in [0.05, 0.1) is 34.0 Å². The Balaban J connectivity index is 2.28. The lowest BCUT2D eigenvalue weighted by molar-refractivity contribution is -0.139. The van der Waals surface area contributed by atoms with Crippen molar-refractivity contribution in [2.45, 2.75) is 6.42 Å². The van der Waals surface area contributed by atoms with E-state index in [0.717, 1.165) is 4.88 Å². The van der Waals surface area contributed by atoms with E-state index < -0.39 is 0 Å². The van der Waals surface area contributed by atoms with E-state index in [0.29, 0.717) is 14.9 Å². The minimum Gasteiger partial charge on any atom is -0.469 e. The summed E-state index contributed by atoms with van der Waals surface area (Å²) in [6.45, 7) is 0. The first-order valence-electron chi connectivity index (χ1n) is 5.67. The summed E-state index contributed by atoms with van der Waals surface area (Å²) in [5, 5.41) is 0.621. The van der Waals surface area contributed by atoms with Crippen LogP contribution >= 0.6 is 34.5 Å². The van der Waals surface area contributed by atoms with Gasteiger partial charge in [-0.1, -0.05) is 29.3 Å². The topological polar surface area (TPSA) is 43.4 Å². The second-order valence-corrected chi connectivity index (χ2v) is 5.93. The van der Waals surface area contributed by atoms with E-state index in [4.69, 9.17) is 23.2 Å². The number of rotatable bonds is 4. The van der Waals surface area contributed by atoms with Crippen molar-refractivity contribution < 1.29 is 14.3 Å². The average molecular weight is 329 g/mol. The third kappa shape index (κ3) is 3.20. The van der Waals surface area contributed by atoms with Crippen molar-refractivity contribution in [3.8, 4) is 0 Å². The van der Waals surface area contributed by atoms with Gasteiger partial charge < -0.3 is 4.74 Å². The third-order valence-electron chi connectivity index (χ3n) is 2.62. The molecule has 0 atom stereocenters. The standard InChI is InChI=1S/C14H10Cl2O3S/c1-19-12(17)7-8-5-6-11(20-8)14(18)13-9(15)3-2-4-10(13)16/h2-6H,7H2,1H3. The zero-order valence-electron chi connectivity index (χ0n) is 10.5. The van der Waals surface area contributed by atoms with Crippen LogP contribution < -0.4 is 0 Å². The molecule has 0 aliphatic carbocycles. The number of ether oxygens (including phenoxy) is 1. The van der Waals surface area contributed by atoms with E-state index >= 15 is 0 Å². The van der Waals surface area contributed by atoms with Crippen molar-refractivity contribution in [1.82, 2.24) is 0 Å². The highest BCUT2D eigenvalue weighted by Gasteiger charge is 2.18. The summed E-state index contributed by atoms with van der Waals surface area (Å²) < 4.78 is 4.59. The minimum absolute atomic E-state index is 0.144. The molecule has 1 aromatic heterocycles. The molecule has 0 saturated carbocycles. The molecule has 0 N–H and O–H groups in total. The van der Waals surface area contributed by atoms with Crippen LogP contribution in [-0.4, -0.2) is 18.9 Å². The van der Waals surface area contributed by atoms with Crippen molar-refractivity contribution in [2.24, 2.45) is 0 Å². The highest BCUT2D eigenvalue weighted by molar-refractivity contribution is 7.14. The molecule has 0 fully saturated rings. The molecule has 6 heteroatoms. The normalized spacial score (nSPS) is 10.3. The number of ketones is 1. The molecule has 0 amide bonds. The summed E-state index contributed by atoms with van der Waals surface area (Å²) >= 11 is 13.3. The minimum atomic E-state index is -0.346. The van der Waals surface area contributed by atoms with Crippen LogP contribution in [0.15, 0.2) is 30.3 Å². The molecule has 0 aliphatic rings. The van der Waals surface area contributed by atoms with Gasteiger partial charge in [0.25, 0.3) is 0 Å². The van der Waals surface area contributed by atoms with Crippen LogP contribution in [-0.2, 0) is 16.0 Å². The molecule has 0 radical (unpaired) electrons. The molecule has 0 bridgehead atoms. The van der Waals surface area contributed by atoms with Gasteiger partial charge >= 0.3 is 5.97 Å². The van der Waals surface area contributed by atoms with Gasteiger partial charge in [0, 0.05) is 4.88 Å². The Morgan fingerprint density at radius 2 is 1.80 bits per heavy atom. The van der Waals surface area contributed by atoms with E-state index in [1.54, 1.807) is 30.3 Å². The summed E-state index contributed by atoms with van der Waals surface area (Å²) in [6, 6.07) is 8.29. The maximum absolute atomic E-state index is 12.4. The molecular formula is C14H10Cl2O3S. The van der Waals surface area contributed by atoms with Crippen LogP contribution in [0, 0.1) is 0 Å². The summed E-state index contributed by atoms with van der Waals surface area (Å²) in [5.74, 6) is -0.594. The molecule has 3 nitrogen and oxygen atoms in total. The molecular weight excluding hydrogens is 319 g/mol. The van der Waals surface area contributed by atoms with Crippen LogP contribution in [0.25, 0.3) is 0 Å². The van der Waals surface area contributed by atoms with Gasteiger partial charge in [0.2, 0.25) is 5.78 Å². The third-order valence-corrected chi connectivity index (χ3v) is 4.34. The number of carbonyl (C=O) groups excluding carboxylic acids is 2. The van der Waals surface area contributed by atoms with Crippen molar-refractivity contribution in [2.75, 3.05) is 7.11 Å². The fourth-order valence-electron chi connectivity index (χ4n) is 1.65. The molecule has 2 aromatic rings. The second-order valence-electron chi connectivity index (χ2n) is 3.94. The highest BCUT2D eigenvalue weighted by atomic mass is 35.5. The molecule has 0 saturated heterocycles. The molecule has 0 unspecified atom stereocenters. The molecule has 2 rings (SSSR count). The van der Waals surface area contributed by atoms with Crippen LogP contribution in [0.2, 0.25) is 10.0 Å². The fraction of sp³-hybridized carbons (Fsp3) is 0.143. The predicted molar refractivity (Wildman–Crippen MR) is 79.9 cm³/mol. The Morgan fingerprint density at radius 1 is 1.15 bits per heavy atom. The first-order chi connectivity index (χ1) is 9.52. The highest BCUT2D eigenvalue weighted by Crippen LogP contribution is 2.29. The van der Waals surface area contributed by atoms with E-state index in [1.165, 1.54) is 18.4 Å². The zero-order chi connectivity index (χ0) is 14.7. The van der Waals surface area contributed by atoms with Crippen molar-refractivity contribution in [3.63, 3.8) is 0 Å². The number of thiophene rings is 1. The Labute approximate surface area is 130 Å². The molecule has 20 heavy (non-hydrogen) atoms. The smallest absolute Gasteiger partial charge is 0.310 e. The quantitative estimate of drug-likeness (QED) is 0.629. The van der Waals surface area contributed by atoms with Gasteiger partial charge in [-0.25, -0.2) is 0 Å². The monoisotopic (exact) mass is 328 g/mol. The Hall–Kier alpha value is -1.36. The lowest BCUT2D eigenvalue weighted by atomic mass is 10.1. The number of hydrogen-bond donors (Lipinski definition) is 0. The fourth-order valence-corrected chi connectivity index (χ4v) is 3.16. The Morgan fingerprint density at radius 3 is 2.40 bits per heavy atom. The van der Waals surface area contributed by atoms with E-state index in [2.05, 4.69) is 4.74 Å². The molecule has 1 aromatic carbocycles. The lowest BCUT2D eigenvalue weighted by Crippen LogP contribution is -2.03. The summed E-state index contributed by atoms with van der Waals surface area (Å²) in [7, 11) is 1.32. The lowest BCUT2D eigenvalue weighted by Gasteiger charge is -2.03. The second kappa shape index (κ2) is 6.39. The summed E-state index contributed by atoms with van der Waals surface area (Å²) in [5.41, 5.74) is 0.280. The van der Waals surface area contributed by atoms with Gasteiger partial charge in [0.1, 0.15) is 0 Å². The Bertz CT molecular complexity index is 644. The number of esters is 1. The number of hydrogen-bond acceptors (Lipinski definition) is 4. The van der Waals surface area contributed by atoms with Crippen molar-refractivity contribution in [1.29, 1.82) is 0 Å². The molecule has 0 aliphatic heterocycles. The van der Waals surface area contributed by atoms with Crippen LogP contribution in [0.3, 0.4) is 0 Å². The van der Waals surface area contributed by atoms with Gasteiger partial charge in [-0.3, -0.25) is 9.59 Å². The van der Waals surface area contributed by atoms with E-state index in [1.807, 2.05) is 0 Å². The van der Waals surface area contributed by atoms with Gasteiger partial charge in [-0.15, -0.1) is 11.3 Å². The molecule has 1 heterocycles. The molecule has 0 spiro atoms. The predicted octanol–water partition coefficient (Wildman–Crippen LogP) is 4.00. The summed E-state index contributed by atoms with van der Waals surface area (Å²) in [4.78, 5) is 24.8. The van der Waals surface area contributed by atoms with Crippen molar-refractivity contribution >= 4 is 46.3 Å². The number of methoxy groups -OCH3 is 1. The maximum atomic E-state index is 12.4. The number of carbonyl (C=O) groups is 2. The van der Waals surface area contributed by atoms with Gasteiger partial charge in [-0.2, -0.15) is 0 Å². The van der Waals surface area contributed by atoms with Gasteiger partial charge in [-0.05, 0) is 24.3 Å². The van der Waals surface area contributed by atoms with Crippen LogP contribution in [0.5, 0.6) is 0 Å². The van der Waals surface area contributed by atoms with E-state index in [9.17, 15) is 9.59 Å². The van der Waals surface area contributed by atoms with Crippen molar-refractivity contribution in [3.05, 3.63) is 55.7 Å². The number of halogens is 2. The Kier molecular flexibility index (Phi) is 4.81. The van der Waals surface area contributed by atoms with Crippen LogP contribution in [0.1, 0.15) is 20.1 Å². The van der Waals surface area contributed by atoms with E-state index in [-0.39, 0.29) is 23.7 Å². The zero-order valence-corrected chi connectivity index (χ0v) is 12.8. The maximum Gasteiger partial charge on any atom is 0.310 e. The van der Waals surface area contributed by atoms with Crippen LogP contribution in [0.4, 0.5) is 0 Å². The first kappa shape index (κ1) is 15.0. The first-order valence-corrected chi connectivity index (χ1v) is 7.24. The SMILES string of the molecule is COC(=O)Cc1ccc(C(=O)c2c(Cl)cccc2Cl)s1. The summed E-state index contributed by atoms with van der Waals surface area (Å²) in [6.07, 6.45) is 0.144. The number of benzene rings is 1. The van der Waals surface area contributed by atoms with Gasteiger partial charge in [0.15, 0.2) is 0 Å². The largest absolute Gasteiger partial charge is 0.469 e. The molecule has 104 valence electrons. The average Bonchev–Trinajstić information content (AvgIpc) is 2.86.